The van der Waals surface area contributed by atoms with Crippen molar-refractivity contribution in [1.82, 2.24) is 16.0 Å². The van der Waals surface area contributed by atoms with Gasteiger partial charge in [0.25, 0.3) is 0 Å². The number of hydrogen-bond donors (Lipinski definition) is 3. The van der Waals surface area contributed by atoms with Crippen molar-refractivity contribution in [2.75, 3.05) is 51.8 Å². The number of rotatable bonds is 9. The van der Waals surface area contributed by atoms with E-state index in [0.717, 1.165) is 6.42 Å². The zero-order valence-corrected chi connectivity index (χ0v) is 16.1. The van der Waals surface area contributed by atoms with E-state index in [4.69, 9.17) is 4.74 Å². The molecule has 0 aromatic heterocycles. The molecule has 0 saturated carbocycles. The number of carbonyl (C=O) groups is 1. The molecule has 1 fully saturated rings. The van der Waals surface area contributed by atoms with E-state index < -0.39 is 6.61 Å². The van der Waals surface area contributed by atoms with Crippen LogP contribution in [0.5, 0.6) is 5.75 Å². The number of carbonyl (C=O) groups excluding carboxylic acids is 1. The second-order valence-electron chi connectivity index (χ2n) is 6.19. The Morgan fingerprint density at radius 2 is 2.14 bits per heavy atom. The van der Waals surface area contributed by atoms with Gasteiger partial charge in [-0.2, -0.15) is 8.78 Å². The monoisotopic (exact) mass is 399 g/mol. The predicted octanol–water partition coefficient (Wildman–Crippen LogP) is 0.794. The summed E-state index contributed by atoms with van der Waals surface area (Å²) in [5.41, 5.74) is 0.632. The van der Waals surface area contributed by atoms with Gasteiger partial charge in [0.15, 0.2) is 5.96 Å². The fourth-order valence-corrected chi connectivity index (χ4v) is 2.92. The van der Waals surface area contributed by atoms with Crippen LogP contribution < -0.4 is 25.6 Å². The molecule has 0 bridgehead atoms. The van der Waals surface area contributed by atoms with Gasteiger partial charge >= 0.3 is 6.61 Å². The molecular weight excluding hydrogens is 372 g/mol. The maximum Gasteiger partial charge on any atom is 0.387 e. The molecule has 2 rings (SSSR count). The highest BCUT2D eigenvalue weighted by atomic mass is 19.3. The third-order valence-electron chi connectivity index (χ3n) is 4.22. The Morgan fingerprint density at radius 1 is 1.36 bits per heavy atom. The van der Waals surface area contributed by atoms with Crippen molar-refractivity contribution in [3.63, 3.8) is 0 Å². The van der Waals surface area contributed by atoms with Crippen molar-refractivity contribution in [2.24, 2.45) is 4.99 Å². The lowest BCUT2D eigenvalue weighted by molar-refractivity contribution is -0.120. The van der Waals surface area contributed by atoms with E-state index in [1.807, 2.05) is 4.90 Å². The number of anilines is 1. The number of alkyl halides is 2. The molecule has 8 nitrogen and oxygen atoms in total. The Kier molecular flexibility index (Phi) is 8.73. The van der Waals surface area contributed by atoms with Gasteiger partial charge < -0.3 is 30.3 Å². The van der Waals surface area contributed by atoms with Crippen molar-refractivity contribution < 1.29 is 23.0 Å². The smallest absolute Gasteiger partial charge is 0.387 e. The van der Waals surface area contributed by atoms with Crippen molar-refractivity contribution in [3.05, 3.63) is 24.3 Å². The van der Waals surface area contributed by atoms with Crippen LogP contribution in [0.3, 0.4) is 0 Å². The largest absolute Gasteiger partial charge is 0.433 e. The fourth-order valence-electron chi connectivity index (χ4n) is 2.92. The average Bonchev–Trinajstić information content (AvgIpc) is 3.13. The molecule has 3 N–H and O–H groups in total. The summed E-state index contributed by atoms with van der Waals surface area (Å²) in [6.45, 7) is -0.588. The first-order chi connectivity index (χ1) is 13.5. The zero-order valence-electron chi connectivity index (χ0n) is 16.1. The molecule has 1 heterocycles. The highest BCUT2D eigenvalue weighted by molar-refractivity contribution is 5.86. The number of guanidine groups is 1. The standard InChI is InChI=1S/C18H27F2N5O3/c1-21-18(23-11-16(26)22-8-10-27-2)24-13-7-9-25(12-13)14-5-3-4-6-15(14)28-17(19)20/h3-6,13,17H,7-12H2,1-2H3,(H,22,26)(H2,21,23,24). The number of aliphatic imine (C=N–C) groups is 1. The minimum absolute atomic E-state index is 0.0577. The Morgan fingerprint density at radius 3 is 2.86 bits per heavy atom. The molecular formula is C18H27F2N5O3. The lowest BCUT2D eigenvalue weighted by atomic mass is 10.2. The molecule has 28 heavy (non-hydrogen) atoms. The predicted molar refractivity (Wildman–Crippen MR) is 103 cm³/mol. The molecule has 156 valence electrons. The summed E-state index contributed by atoms with van der Waals surface area (Å²) in [5.74, 6) is 0.505. The third kappa shape index (κ3) is 6.84. The van der Waals surface area contributed by atoms with Crippen LogP contribution in [0.1, 0.15) is 6.42 Å². The number of hydrogen-bond acceptors (Lipinski definition) is 5. The Bertz CT molecular complexity index is 660. The lowest BCUT2D eigenvalue weighted by Gasteiger charge is -2.22. The number of amides is 1. The number of methoxy groups -OCH3 is 1. The molecule has 1 atom stereocenters. The van der Waals surface area contributed by atoms with Crippen LogP contribution in [0.15, 0.2) is 29.3 Å². The van der Waals surface area contributed by atoms with Crippen molar-refractivity contribution in [3.8, 4) is 5.75 Å². The van der Waals surface area contributed by atoms with Crippen LogP contribution in [0, 0.1) is 0 Å². The van der Waals surface area contributed by atoms with Crippen LogP contribution in [0.2, 0.25) is 0 Å². The highest BCUT2D eigenvalue weighted by Crippen LogP contribution is 2.31. The molecule has 1 aromatic carbocycles. The maximum atomic E-state index is 12.6. The minimum atomic E-state index is -2.87. The average molecular weight is 399 g/mol. The molecule has 1 aromatic rings. The molecule has 1 aliphatic heterocycles. The quantitative estimate of drug-likeness (QED) is 0.323. The van der Waals surface area contributed by atoms with Gasteiger partial charge in [0.2, 0.25) is 5.91 Å². The number of nitrogens with zero attached hydrogens (tertiary/aromatic N) is 2. The summed E-state index contributed by atoms with van der Waals surface area (Å²) in [6.07, 6.45) is 0.795. The number of para-hydroxylation sites is 2. The summed E-state index contributed by atoms with van der Waals surface area (Å²) in [5, 5.41) is 8.92. The number of halogens is 2. The molecule has 1 amide bonds. The third-order valence-corrected chi connectivity index (χ3v) is 4.22. The number of ether oxygens (including phenoxy) is 2. The Labute approximate surface area is 163 Å². The minimum Gasteiger partial charge on any atom is -0.433 e. The van der Waals surface area contributed by atoms with Gasteiger partial charge in [-0.15, -0.1) is 0 Å². The second-order valence-corrected chi connectivity index (χ2v) is 6.19. The SMILES string of the molecule is CN=C(NCC(=O)NCCOC)NC1CCN(c2ccccc2OC(F)F)C1. The van der Waals surface area contributed by atoms with Crippen LogP contribution in [0.25, 0.3) is 0 Å². The molecule has 0 spiro atoms. The van der Waals surface area contributed by atoms with E-state index >= 15 is 0 Å². The summed E-state index contributed by atoms with van der Waals surface area (Å²) >= 11 is 0. The molecule has 1 aliphatic rings. The summed E-state index contributed by atoms with van der Waals surface area (Å²) < 4.78 is 34.7. The highest BCUT2D eigenvalue weighted by Gasteiger charge is 2.26. The summed E-state index contributed by atoms with van der Waals surface area (Å²) in [7, 11) is 3.19. The second kappa shape index (κ2) is 11.3. The van der Waals surface area contributed by atoms with Gasteiger partial charge in [-0.1, -0.05) is 12.1 Å². The molecule has 10 heteroatoms. The van der Waals surface area contributed by atoms with E-state index in [1.165, 1.54) is 6.07 Å². The van der Waals surface area contributed by atoms with E-state index in [0.29, 0.717) is 37.9 Å². The van der Waals surface area contributed by atoms with Crippen LogP contribution in [-0.2, 0) is 9.53 Å². The van der Waals surface area contributed by atoms with Gasteiger partial charge in [-0.3, -0.25) is 9.79 Å². The topological polar surface area (TPSA) is 87.2 Å². The maximum absolute atomic E-state index is 12.6. The van der Waals surface area contributed by atoms with Crippen molar-refractivity contribution in [2.45, 2.75) is 19.1 Å². The lowest BCUT2D eigenvalue weighted by Crippen LogP contribution is -2.47. The summed E-state index contributed by atoms with van der Waals surface area (Å²) in [4.78, 5) is 17.9. The van der Waals surface area contributed by atoms with Gasteiger partial charge in [0.1, 0.15) is 5.75 Å². The molecule has 1 unspecified atom stereocenters. The van der Waals surface area contributed by atoms with Crippen molar-refractivity contribution in [1.29, 1.82) is 0 Å². The number of nitrogens with one attached hydrogen (secondary N) is 3. The fraction of sp³-hybridized carbons (Fsp3) is 0.556. The molecule has 0 radical (unpaired) electrons. The van der Waals surface area contributed by atoms with Crippen LogP contribution >= 0.6 is 0 Å². The Hall–Kier alpha value is -2.62. The van der Waals surface area contributed by atoms with Crippen molar-refractivity contribution >= 4 is 17.6 Å². The van der Waals surface area contributed by atoms with Crippen LogP contribution in [0.4, 0.5) is 14.5 Å². The first kappa shape index (κ1) is 21.7. The molecule has 1 saturated heterocycles. The van der Waals surface area contributed by atoms with E-state index in [9.17, 15) is 13.6 Å². The summed E-state index contributed by atoms with van der Waals surface area (Å²) in [6, 6.07) is 6.80. The molecule has 0 aliphatic carbocycles. The van der Waals surface area contributed by atoms with E-state index in [2.05, 4.69) is 25.7 Å². The normalized spacial score (nSPS) is 17.0. The van der Waals surface area contributed by atoms with Gasteiger partial charge in [-0.25, -0.2) is 0 Å². The zero-order chi connectivity index (χ0) is 20.4. The van der Waals surface area contributed by atoms with E-state index in [-0.39, 0.29) is 24.2 Å². The first-order valence-corrected chi connectivity index (χ1v) is 9.05. The van der Waals surface area contributed by atoms with Gasteiger partial charge in [0.05, 0.1) is 18.8 Å². The van der Waals surface area contributed by atoms with Crippen LogP contribution in [-0.4, -0.2) is 71.5 Å². The van der Waals surface area contributed by atoms with Gasteiger partial charge in [-0.05, 0) is 18.6 Å². The number of benzene rings is 1. The van der Waals surface area contributed by atoms with E-state index in [1.54, 1.807) is 32.4 Å². The van der Waals surface area contributed by atoms with Gasteiger partial charge in [0, 0.05) is 39.8 Å². The Balaban J connectivity index is 1.84. The first-order valence-electron chi connectivity index (χ1n) is 9.05.